The van der Waals surface area contributed by atoms with Crippen LogP contribution < -0.4 is 5.56 Å². The molecule has 0 amide bonds. The van der Waals surface area contributed by atoms with Crippen molar-refractivity contribution in [1.29, 1.82) is 0 Å². The Morgan fingerprint density at radius 2 is 1.93 bits per heavy atom. The Hall–Kier alpha value is -1.79. The zero-order chi connectivity index (χ0) is 11.8. The third-order valence-corrected chi connectivity index (χ3v) is 1.76. The molecule has 1 aromatic rings. The summed E-state index contributed by atoms with van der Waals surface area (Å²) in [5.41, 5.74) is -2.84. The van der Waals surface area contributed by atoms with Crippen LogP contribution in [0, 0.1) is 6.92 Å². The minimum absolute atomic E-state index is 0.363. The van der Waals surface area contributed by atoms with Gasteiger partial charge in [0.05, 0.1) is 0 Å². The minimum atomic E-state index is -4.91. The molecule has 0 unspecified atom stereocenters. The average Bonchev–Trinajstić information content (AvgIpc) is 2.00. The molecule has 0 aromatic carbocycles. The van der Waals surface area contributed by atoms with Crippen LogP contribution in [-0.2, 0) is 6.30 Å². The fourth-order valence-electron chi connectivity index (χ4n) is 1.11. The van der Waals surface area contributed by atoms with Crippen LogP contribution in [0.3, 0.4) is 0 Å². The highest BCUT2D eigenvalue weighted by Gasteiger charge is 2.34. The number of aryl methyl sites for hydroxylation is 1. The second-order valence-corrected chi connectivity index (χ2v) is 2.80. The van der Waals surface area contributed by atoms with Crippen LogP contribution >= 0.6 is 0 Å². The van der Waals surface area contributed by atoms with E-state index >= 15 is 0 Å². The van der Waals surface area contributed by atoms with Crippen LogP contribution in [-0.4, -0.2) is 15.6 Å². The Morgan fingerprint density at radius 1 is 1.40 bits per heavy atom. The minimum Gasteiger partial charge on any atom is -0.477 e. The predicted molar refractivity (Wildman–Crippen MR) is 43.7 cm³/mol. The highest BCUT2D eigenvalue weighted by molar-refractivity contribution is 5.87. The highest BCUT2D eigenvalue weighted by atomic mass is 19.4. The van der Waals surface area contributed by atoms with E-state index in [9.17, 15) is 22.8 Å². The van der Waals surface area contributed by atoms with E-state index in [-0.39, 0.29) is 5.69 Å². The van der Waals surface area contributed by atoms with Gasteiger partial charge >= 0.3 is 12.3 Å². The van der Waals surface area contributed by atoms with E-state index in [4.69, 9.17) is 5.11 Å². The largest absolute Gasteiger partial charge is 0.491 e. The van der Waals surface area contributed by atoms with Gasteiger partial charge in [0, 0.05) is 5.69 Å². The van der Waals surface area contributed by atoms with Gasteiger partial charge in [-0.1, -0.05) is 0 Å². The number of nitrogens with zero attached hydrogens (tertiary/aromatic N) is 1. The molecule has 0 radical (unpaired) electrons. The molecule has 1 heterocycles. The number of halogens is 3. The third kappa shape index (κ3) is 2.00. The fraction of sp³-hybridized carbons (Fsp3) is 0.250. The van der Waals surface area contributed by atoms with Crippen LogP contribution in [0.2, 0.25) is 0 Å². The first-order valence-electron chi connectivity index (χ1n) is 3.78. The molecule has 4 nitrogen and oxygen atoms in total. The van der Waals surface area contributed by atoms with Gasteiger partial charge in [0.2, 0.25) is 0 Å². The van der Waals surface area contributed by atoms with Gasteiger partial charge in [0.15, 0.2) is 0 Å². The molecule has 7 heteroatoms. The molecule has 0 aliphatic heterocycles. The van der Waals surface area contributed by atoms with Gasteiger partial charge in [-0.2, -0.15) is 0 Å². The smallest absolute Gasteiger partial charge is 0.477 e. The number of aromatic carboxylic acids is 1. The maximum absolute atomic E-state index is 12.3. The Kier molecular flexibility index (Phi) is 2.57. The van der Waals surface area contributed by atoms with Crippen molar-refractivity contribution in [2.45, 2.75) is 13.2 Å². The van der Waals surface area contributed by atoms with Crippen molar-refractivity contribution in [3.05, 3.63) is 33.7 Å². The standard InChI is InChI=1S/C8H6F3NO3/c1-4-2-3-5(7(14)15)6(13)12(4)8(9,10)11/h2-3H,1H3,(H,14,15). The maximum Gasteiger partial charge on any atom is 0.491 e. The van der Waals surface area contributed by atoms with Crippen LogP contribution in [0.4, 0.5) is 13.2 Å². The molecule has 0 atom stereocenters. The van der Waals surface area contributed by atoms with Gasteiger partial charge in [0.25, 0.3) is 5.56 Å². The number of hydrogen-bond acceptors (Lipinski definition) is 2. The first-order chi connectivity index (χ1) is 6.75. The van der Waals surface area contributed by atoms with Crippen molar-refractivity contribution in [2.75, 3.05) is 0 Å². The number of carbonyl (C=O) groups is 1. The van der Waals surface area contributed by atoms with Crippen molar-refractivity contribution >= 4 is 5.97 Å². The lowest BCUT2D eigenvalue weighted by atomic mass is 10.2. The SMILES string of the molecule is Cc1ccc(C(=O)O)c(=O)n1C(F)(F)F. The average molecular weight is 221 g/mol. The predicted octanol–water partition coefficient (Wildman–Crippen LogP) is 1.33. The zero-order valence-electron chi connectivity index (χ0n) is 7.50. The first-order valence-corrected chi connectivity index (χ1v) is 3.78. The van der Waals surface area contributed by atoms with E-state index in [1.54, 1.807) is 0 Å². The van der Waals surface area contributed by atoms with Gasteiger partial charge in [0.1, 0.15) is 5.56 Å². The molecule has 0 bridgehead atoms. The van der Waals surface area contributed by atoms with E-state index in [2.05, 4.69) is 0 Å². The molecular formula is C8H6F3NO3. The monoisotopic (exact) mass is 221 g/mol. The lowest BCUT2D eigenvalue weighted by molar-refractivity contribution is -0.207. The van der Waals surface area contributed by atoms with Crippen molar-refractivity contribution in [1.82, 2.24) is 4.57 Å². The van der Waals surface area contributed by atoms with E-state index in [0.717, 1.165) is 19.1 Å². The van der Waals surface area contributed by atoms with Gasteiger partial charge in [-0.05, 0) is 19.1 Å². The van der Waals surface area contributed by atoms with Crippen LogP contribution in [0.25, 0.3) is 0 Å². The van der Waals surface area contributed by atoms with E-state index in [1.165, 1.54) is 0 Å². The molecule has 1 N–H and O–H groups in total. The number of rotatable bonds is 1. The molecular weight excluding hydrogens is 215 g/mol. The quantitative estimate of drug-likeness (QED) is 0.778. The number of carboxylic acid groups (broad SMARTS) is 1. The van der Waals surface area contributed by atoms with Gasteiger partial charge in [-0.15, -0.1) is 13.2 Å². The van der Waals surface area contributed by atoms with Gasteiger partial charge in [-0.3, -0.25) is 4.79 Å². The maximum atomic E-state index is 12.3. The van der Waals surface area contributed by atoms with Crippen LogP contribution in [0.1, 0.15) is 16.1 Å². The number of carboxylic acids is 1. The molecule has 82 valence electrons. The molecule has 15 heavy (non-hydrogen) atoms. The summed E-state index contributed by atoms with van der Waals surface area (Å²) in [7, 11) is 0. The molecule has 1 rings (SSSR count). The topological polar surface area (TPSA) is 59.3 Å². The van der Waals surface area contributed by atoms with Crippen molar-refractivity contribution in [3.8, 4) is 0 Å². The van der Waals surface area contributed by atoms with Crippen molar-refractivity contribution in [3.63, 3.8) is 0 Å². The highest BCUT2D eigenvalue weighted by Crippen LogP contribution is 2.21. The lowest BCUT2D eigenvalue weighted by Crippen LogP contribution is -2.35. The van der Waals surface area contributed by atoms with Crippen molar-refractivity contribution < 1.29 is 23.1 Å². The second kappa shape index (κ2) is 3.41. The second-order valence-electron chi connectivity index (χ2n) is 2.80. The number of alkyl halides is 3. The Bertz CT molecular complexity index is 461. The summed E-state index contributed by atoms with van der Waals surface area (Å²) in [5, 5.41) is 8.47. The Morgan fingerprint density at radius 3 is 2.33 bits per heavy atom. The fourth-order valence-corrected chi connectivity index (χ4v) is 1.11. The van der Waals surface area contributed by atoms with E-state index in [0.29, 0.717) is 0 Å². The third-order valence-electron chi connectivity index (χ3n) is 1.76. The molecule has 0 aliphatic carbocycles. The van der Waals surface area contributed by atoms with Crippen molar-refractivity contribution in [2.24, 2.45) is 0 Å². The number of aromatic nitrogens is 1. The Balaban J connectivity index is 3.59. The number of pyridine rings is 1. The molecule has 0 saturated carbocycles. The summed E-state index contributed by atoms with van der Waals surface area (Å²) in [4.78, 5) is 21.6. The molecule has 0 fully saturated rings. The summed E-state index contributed by atoms with van der Waals surface area (Å²) in [6, 6.07) is 1.78. The lowest BCUT2D eigenvalue weighted by Gasteiger charge is -2.13. The van der Waals surface area contributed by atoms with E-state index in [1.807, 2.05) is 0 Å². The van der Waals surface area contributed by atoms with Gasteiger partial charge < -0.3 is 5.11 Å². The van der Waals surface area contributed by atoms with Crippen LogP contribution in [0.5, 0.6) is 0 Å². The molecule has 1 aromatic heterocycles. The molecule has 0 spiro atoms. The number of hydrogen-bond donors (Lipinski definition) is 1. The molecule has 0 aliphatic rings. The summed E-state index contributed by atoms with van der Waals surface area (Å²) < 4.78 is 36.5. The summed E-state index contributed by atoms with van der Waals surface area (Å²) >= 11 is 0. The summed E-state index contributed by atoms with van der Waals surface area (Å²) in [5.74, 6) is -1.68. The normalized spacial score (nSPS) is 11.5. The summed E-state index contributed by atoms with van der Waals surface area (Å²) in [6.07, 6.45) is -4.91. The Labute approximate surface area is 81.6 Å². The van der Waals surface area contributed by atoms with E-state index < -0.39 is 28.0 Å². The zero-order valence-corrected chi connectivity index (χ0v) is 7.50. The first kappa shape index (κ1) is 11.3. The molecule has 0 saturated heterocycles. The van der Waals surface area contributed by atoms with Crippen LogP contribution in [0.15, 0.2) is 16.9 Å². The summed E-state index contributed by atoms with van der Waals surface area (Å²) in [6.45, 7) is 1.07. The van der Waals surface area contributed by atoms with Gasteiger partial charge in [-0.25, -0.2) is 9.36 Å².